The van der Waals surface area contributed by atoms with E-state index >= 15 is 0 Å². The van der Waals surface area contributed by atoms with Crippen LogP contribution in [0.4, 0.5) is 5.69 Å². The second kappa shape index (κ2) is 7.19. The van der Waals surface area contributed by atoms with Gasteiger partial charge in [-0.15, -0.1) is 12.4 Å². The molecule has 1 N–H and O–H groups in total. The summed E-state index contributed by atoms with van der Waals surface area (Å²) < 4.78 is 5.60. The summed E-state index contributed by atoms with van der Waals surface area (Å²) in [5.41, 5.74) is 0.668. The van der Waals surface area contributed by atoms with Crippen LogP contribution in [0.2, 0.25) is 0 Å². The molecule has 2 unspecified atom stereocenters. The Labute approximate surface area is 142 Å². The highest BCUT2D eigenvalue weighted by atomic mass is 35.5. The van der Waals surface area contributed by atoms with E-state index in [9.17, 15) is 9.59 Å². The zero-order chi connectivity index (χ0) is 15.7. The number of ether oxygens (including phenoxy) is 1. The highest BCUT2D eigenvalue weighted by Gasteiger charge is 2.34. The van der Waals surface area contributed by atoms with Gasteiger partial charge in [-0.2, -0.15) is 0 Å². The van der Waals surface area contributed by atoms with Crippen molar-refractivity contribution in [3.05, 3.63) is 24.3 Å². The van der Waals surface area contributed by atoms with Crippen molar-refractivity contribution in [3.8, 4) is 5.75 Å². The van der Waals surface area contributed by atoms with Crippen molar-refractivity contribution < 1.29 is 14.3 Å². The lowest BCUT2D eigenvalue weighted by molar-refractivity contribution is -0.135. The molecule has 2 aliphatic rings. The summed E-state index contributed by atoms with van der Waals surface area (Å²) in [6.45, 7) is 6.05. The summed E-state index contributed by atoms with van der Waals surface area (Å²) in [6, 6.07) is 7.48. The van der Waals surface area contributed by atoms with Gasteiger partial charge in [0.1, 0.15) is 12.3 Å². The van der Waals surface area contributed by atoms with E-state index in [-0.39, 0.29) is 36.8 Å². The summed E-state index contributed by atoms with van der Waals surface area (Å²) in [7, 11) is 0. The molecule has 0 spiro atoms. The third-order valence-corrected chi connectivity index (χ3v) is 4.19. The van der Waals surface area contributed by atoms with Crippen LogP contribution < -0.4 is 15.0 Å². The Hall–Kier alpha value is -1.79. The number of rotatable bonds is 2. The van der Waals surface area contributed by atoms with Gasteiger partial charge in [-0.25, -0.2) is 0 Å². The predicted octanol–water partition coefficient (Wildman–Crippen LogP) is 1.04. The lowest BCUT2D eigenvalue weighted by Gasteiger charge is -2.37. The SMILES string of the molecule is CC1Oc2ccccc2N(CC(=O)N2CCNCC2C)C1=O.Cl. The van der Waals surface area contributed by atoms with Gasteiger partial charge in [0, 0.05) is 25.7 Å². The van der Waals surface area contributed by atoms with Crippen LogP contribution >= 0.6 is 12.4 Å². The molecular formula is C16H22ClN3O3. The number of benzene rings is 1. The molecule has 1 aromatic carbocycles. The summed E-state index contributed by atoms with van der Waals surface area (Å²) in [5, 5.41) is 3.26. The average Bonchev–Trinajstić information content (AvgIpc) is 2.52. The van der Waals surface area contributed by atoms with Crippen molar-refractivity contribution in [2.45, 2.75) is 26.0 Å². The fourth-order valence-electron chi connectivity index (χ4n) is 2.96. The molecule has 2 heterocycles. The molecule has 0 aromatic heterocycles. The smallest absolute Gasteiger partial charge is 0.268 e. The molecule has 126 valence electrons. The summed E-state index contributed by atoms with van der Waals surface area (Å²) >= 11 is 0. The van der Waals surface area contributed by atoms with Gasteiger partial charge in [0.05, 0.1) is 5.69 Å². The highest BCUT2D eigenvalue weighted by Crippen LogP contribution is 2.33. The van der Waals surface area contributed by atoms with Gasteiger partial charge in [0.2, 0.25) is 5.91 Å². The number of piperazine rings is 1. The zero-order valence-electron chi connectivity index (χ0n) is 13.3. The minimum Gasteiger partial charge on any atom is -0.479 e. The van der Waals surface area contributed by atoms with Gasteiger partial charge in [0.15, 0.2) is 6.10 Å². The number of carbonyl (C=O) groups excluding carboxylic acids is 2. The van der Waals surface area contributed by atoms with E-state index in [4.69, 9.17) is 4.74 Å². The van der Waals surface area contributed by atoms with Gasteiger partial charge in [-0.3, -0.25) is 14.5 Å². The fourth-order valence-corrected chi connectivity index (χ4v) is 2.96. The van der Waals surface area contributed by atoms with Gasteiger partial charge in [-0.1, -0.05) is 12.1 Å². The summed E-state index contributed by atoms with van der Waals surface area (Å²) in [5.74, 6) is 0.455. The van der Waals surface area contributed by atoms with Crippen LogP contribution in [-0.2, 0) is 9.59 Å². The van der Waals surface area contributed by atoms with Crippen LogP contribution in [-0.4, -0.2) is 55.0 Å². The topological polar surface area (TPSA) is 61.9 Å². The molecule has 2 atom stereocenters. The van der Waals surface area contributed by atoms with Crippen LogP contribution in [0.15, 0.2) is 24.3 Å². The van der Waals surface area contributed by atoms with Crippen molar-refractivity contribution in [2.24, 2.45) is 0 Å². The Balaban J connectivity index is 0.00000192. The van der Waals surface area contributed by atoms with Gasteiger partial charge >= 0.3 is 0 Å². The van der Waals surface area contributed by atoms with Crippen LogP contribution in [0.1, 0.15) is 13.8 Å². The van der Waals surface area contributed by atoms with Crippen LogP contribution in [0.25, 0.3) is 0 Å². The monoisotopic (exact) mass is 339 g/mol. The quantitative estimate of drug-likeness (QED) is 0.874. The van der Waals surface area contributed by atoms with E-state index in [2.05, 4.69) is 5.32 Å². The second-order valence-electron chi connectivity index (χ2n) is 5.79. The van der Waals surface area contributed by atoms with Crippen LogP contribution in [0, 0.1) is 0 Å². The predicted molar refractivity (Wildman–Crippen MR) is 90.2 cm³/mol. The molecule has 6 nitrogen and oxygen atoms in total. The van der Waals surface area contributed by atoms with Crippen molar-refractivity contribution in [1.29, 1.82) is 0 Å². The molecule has 1 fully saturated rings. The summed E-state index contributed by atoms with van der Waals surface area (Å²) in [6.07, 6.45) is -0.567. The first-order valence-corrected chi connectivity index (χ1v) is 7.65. The van der Waals surface area contributed by atoms with E-state index in [0.717, 1.165) is 13.1 Å². The second-order valence-corrected chi connectivity index (χ2v) is 5.79. The number of anilines is 1. The lowest BCUT2D eigenvalue weighted by Crippen LogP contribution is -2.56. The number of hydrogen-bond donors (Lipinski definition) is 1. The molecule has 2 aliphatic heterocycles. The maximum atomic E-state index is 12.6. The Kier molecular flexibility index (Phi) is 5.49. The Bertz CT molecular complexity index is 596. The third-order valence-electron chi connectivity index (χ3n) is 4.19. The molecule has 0 aliphatic carbocycles. The van der Waals surface area contributed by atoms with E-state index in [1.165, 1.54) is 0 Å². The number of nitrogens with one attached hydrogen (secondary N) is 1. The highest BCUT2D eigenvalue weighted by molar-refractivity contribution is 6.03. The van der Waals surface area contributed by atoms with Crippen molar-refractivity contribution in [1.82, 2.24) is 10.2 Å². The molecule has 1 aromatic rings. The maximum Gasteiger partial charge on any atom is 0.268 e. The summed E-state index contributed by atoms with van der Waals surface area (Å²) in [4.78, 5) is 28.4. The minimum absolute atomic E-state index is 0. The largest absolute Gasteiger partial charge is 0.479 e. The van der Waals surface area contributed by atoms with Crippen molar-refractivity contribution in [3.63, 3.8) is 0 Å². The van der Waals surface area contributed by atoms with E-state index in [1.807, 2.05) is 36.1 Å². The molecule has 0 bridgehead atoms. The first kappa shape index (κ1) is 17.6. The number of para-hydroxylation sites is 2. The number of fused-ring (bicyclic) bond motifs is 1. The number of carbonyl (C=O) groups is 2. The normalized spacial score (nSPS) is 23.7. The minimum atomic E-state index is -0.567. The standard InChI is InChI=1S/C16H21N3O3.ClH/c1-11-9-17-7-8-18(11)15(20)10-19-13-5-3-4-6-14(13)22-12(2)16(19)21;/h3-6,11-12,17H,7-10H2,1-2H3;1H. The molecular weight excluding hydrogens is 318 g/mol. The van der Waals surface area contributed by atoms with E-state index in [1.54, 1.807) is 11.8 Å². The van der Waals surface area contributed by atoms with E-state index in [0.29, 0.717) is 18.0 Å². The molecule has 23 heavy (non-hydrogen) atoms. The molecule has 2 amide bonds. The Morgan fingerprint density at radius 2 is 2.09 bits per heavy atom. The molecule has 0 saturated carbocycles. The first-order valence-electron chi connectivity index (χ1n) is 7.65. The molecule has 0 radical (unpaired) electrons. The first-order chi connectivity index (χ1) is 10.6. The Morgan fingerprint density at radius 1 is 1.35 bits per heavy atom. The molecule has 3 rings (SSSR count). The van der Waals surface area contributed by atoms with Crippen LogP contribution in [0.5, 0.6) is 5.75 Å². The van der Waals surface area contributed by atoms with Crippen molar-refractivity contribution >= 4 is 29.9 Å². The molecule has 7 heteroatoms. The van der Waals surface area contributed by atoms with Gasteiger partial charge < -0.3 is 15.0 Å². The molecule has 1 saturated heterocycles. The van der Waals surface area contributed by atoms with Crippen LogP contribution in [0.3, 0.4) is 0 Å². The van der Waals surface area contributed by atoms with Gasteiger partial charge in [-0.05, 0) is 26.0 Å². The number of hydrogen-bond acceptors (Lipinski definition) is 4. The maximum absolute atomic E-state index is 12.6. The van der Waals surface area contributed by atoms with Crippen molar-refractivity contribution in [2.75, 3.05) is 31.1 Å². The number of halogens is 1. The van der Waals surface area contributed by atoms with E-state index < -0.39 is 6.10 Å². The van der Waals surface area contributed by atoms with Gasteiger partial charge in [0.25, 0.3) is 5.91 Å². The third kappa shape index (κ3) is 3.43. The lowest BCUT2D eigenvalue weighted by atomic mass is 10.1. The number of amides is 2. The Morgan fingerprint density at radius 3 is 2.83 bits per heavy atom. The zero-order valence-corrected chi connectivity index (χ0v) is 14.1. The fraction of sp³-hybridized carbons (Fsp3) is 0.500. The number of nitrogens with zero attached hydrogens (tertiary/aromatic N) is 2. The average molecular weight is 340 g/mol.